The maximum Gasteiger partial charge on any atom is 0.236 e. The number of carbonyl (C=O) groups excluding carboxylic acids is 1. The van der Waals surface area contributed by atoms with Gasteiger partial charge >= 0.3 is 0 Å². The maximum absolute atomic E-state index is 12.4. The Morgan fingerprint density at radius 1 is 1.59 bits per heavy atom. The van der Waals surface area contributed by atoms with Crippen molar-refractivity contribution in [3.8, 4) is 0 Å². The van der Waals surface area contributed by atoms with Crippen LogP contribution < -0.4 is 5.73 Å². The zero-order valence-electron chi connectivity index (χ0n) is 13.3. The average molecular weight is 411 g/mol. The first-order valence-corrected chi connectivity index (χ1v) is 8.90. The number of hydrogen-bond donors (Lipinski definition) is 1. The summed E-state index contributed by atoms with van der Waals surface area (Å²) < 4.78 is 1.08. The van der Waals surface area contributed by atoms with Crippen LogP contribution in [0.3, 0.4) is 0 Å². The molecule has 1 aliphatic heterocycles. The monoisotopic (exact) mass is 409 g/mol. The molecule has 1 fully saturated rings. The van der Waals surface area contributed by atoms with Gasteiger partial charge < -0.3 is 10.6 Å². The summed E-state index contributed by atoms with van der Waals surface area (Å²) in [7, 11) is 1.87. The number of thiophene rings is 1. The molecule has 2 heterocycles. The van der Waals surface area contributed by atoms with Crippen molar-refractivity contribution in [3.05, 3.63) is 20.8 Å². The van der Waals surface area contributed by atoms with Crippen LogP contribution in [0.25, 0.3) is 0 Å². The van der Waals surface area contributed by atoms with Gasteiger partial charge in [0.25, 0.3) is 0 Å². The van der Waals surface area contributed by atoms with Gasteiger partial charge in [0.2, 0.25) is 5.91 Å². The quantitative estimate of drug-likeness (QED) is 0.830. The summed E-state index contributed by atoms with van der Waals surface area (Å²) in [5, 5.41) is 2.04. The van der Waals surface area contributed by atoms with Crippen molar-refractivity contribution in [2.75, 3.05) is 26.7 Å². The number of amides is 1. The Bertz CT molecular complexity index is 509. The van der Waals surface area contributed by atoms with E-state index in [0.717, 1.165) is 24.0 Å². The summed E-state index contributed by atoms with van der Waals surface area (Å²) in [5.74, 6) is 0.172. The number of likely N-dealkylation sites (N-methyl/N-ethyl adjacent to an activating group) is 1. The average Bonchev–Trinajstić information content (AvgIpc) is 2.79. The van der Waals surface area contributed by atoms with Crippen LogP contribution >= 0.6 is 39.7 Å². The van der Waals surface area contributed by atoms with Gasteiger partial charge in [0.1, 0.15) is 0 Å². The third kappa shape index (κ3) is 5.20. The molecule has 0 aromatic carbocycles. The van der Waals surface area contributed by atoms with Gasteiger partial charge in [0.15, 0.2) is 0 Å². The van der Waals surface area contributed by atoms with Crippen molar-refractivity contribution in [3.63, 3.8) is 0 Å². The van der Waals surface area contributed by atoms with E-state index in [-0.39, 0.29) is 29.8 Å². The van der Waals surface area contributed by atoms with Crippen molar-refractivity contribution < 1.29 is 4.79 Å². The molecule has 2 N–H and O–H groups in total. The highest BCUT2D eigenvalue weighted by atomic mass is 79.9. The van der Waals surface area contributed by atoms with Crippen LogP contribution in [0.15, 0.2) is 15.9 Å². The van der Waals surface area contributed by atoms with E-state index in [0.29, 0.717) is 13.1 Å². The predicted molar refractivity (Wildman–Crippen MR) is 98.6 cm³/mol. The largest absolute Gasteiger partial charge is 0.340 e. The molecule has 0 bridgehead atoms. The standard InChI is InChI=1S/C15H24BrN3OS.ClH/c1-15(2)10-19(5-4-13(15)17)8-14(20)18(3)7-12-6-11(16)9-21-12;/h6,9,13H,4-5,7-8,10,17H2,1-3H3;1H. The highest BCUT2D eigenvalue weighted by Gasteiger charge is 2.34. The van der Waals surface area contributed by atoms with Crippen LogP contribution in [0.2, 0.25) is 0 Å². The van der Waals surface area contributed by atoms with Crippen LogP contribution in [-0.2, 0) is 11.3 Å². The summed E-state index contributed by atoms with van der Waals surface area (Å²) in [6, 6.07) is 2.29. The zero-order valence-corrected chi connectivity index (χ0v) is 16.6. The Morgan fingerprint density at radius 2 is 2.27 bits per heavy atom. The summed E-state index contributed by atoms with van der Waals surface area (Å²) in [6.07, 6.45) is 0.960. The van der Waals surface area contributed by atoms with Crippen LogP contribution in [0.5, 0.6) is 0 Å². The molecule has 1 aliphatic rings. The molecule has 1 unspecified atom stereocenters. The fourth-order valence-corrected chi connectivity index (χ4v) is 4.19. The second kappa shape index (κ2) is 8.11. The van der Waals surface area contributed by atoms with E-state index < -0.39 is 0 Å². The first kappa shape index (κ1) is 19.9. The lowest BCUT2D eigenvalue weighted by Gasteiger charge is -2.42. The number of nitrogens with zero attached hydrogens (tertiary/aromatic N) is 2. The molecule has 0 radical (unpaired) electrons. The number of hydrogen-bond acceptors (Lipinski definition) is 4. The highest BCUT2D eigenvalue weighted by Crippen LogP contribution is 2.27. The minimum atomic E-state index is 0. The Hall–Kier alpha value is -0.140. The molecule has 126 valence electrons. The van der Waals surface area contributed by atoms with Gasteiger partial charge in [-0.25, -0.2) is 0 Å². The van der Waals surface area contributed by atoms with E-state index in [9.17, 15) is 4.79 Å². The molecule has 4 nitrogen and oxygen atoms in total. The molecule has 1 aromatic rings. The number of nitrogens with two attached hydrogens (primary N) is 1. The van der Waals surface area contributed by atoms with Gasteiger partial charge in [-0.15, -0.1) is 23.7 Å². The van der Waals surface area contributed by atoms with Gasteiger partial charge in [-0.05, 0) is 33.8 Å². The van der Waals surface area contributed by atoms with E-state index in [2.05, 4.69) is 40.7 Å². The number of likely N-dealkylation sites (tertiary alicyclic amines) is 1. The molecule has 0 spiro atoms. The zero-order chi connectivity index (χ0) is 15.6. The third-order valence-corrected chi connectivity index (χ3v) is 5.87. The number of carbonyl (C=O) groups is 1. The van der Waals surface area contributed by atoms with Crippen LogP contribution in [-0.4, -0.2) is 48.4 Å². The van der Waals surface area contributed by atoms with Gasteiger partial charge in [0, 0.05) is 40.9 Å². The molecule has 22 heavy (non-hydrogen) atoms. The molecule has 1 aromatic heterocycles. The first-order valence-electron chi connectivity index (χ1n) is 7.23. The highest BCUT2D eigenvalue weighted by molar-refractivity contribution is 9.10. The molecule has 2 rings (SSSR count). The van der Waals surface area contributed by atoms with Crippen molar-refractivity contribution in [1.82, 2.24) is 9.80 Å². The summed E-state index contributed by atoms with van der Waals surface area (Å²) in [6.45, 7) is 7.32. The van der Waals surface area contributed by atoms with E-state index in [1.165, 1.54) is 4.88 Å². The minimum Gasteiger partial charge on any atom is -0.340 e. The molecule has 1 saturated heterocycles. The Morgan fingerprint density at radius 3 is 2.82 bits per heavy atom. The van der Waals surface area contributed by atoms with Crippen molar-refractivity contribution in [1.29, 1.82) is 0 Å². The van der Waals surface area contributed by atoms with E-state index in [1.807, 2.05) is 12.4 Å². The van der Waals surface area contributed by atoms with Crippen LogP contribution in [0, 0.1) is 5.41 Å². The summed E-state index contributed by atoms with van der Waals surface area (Å²) >= 11 is 5.11. The Balaban J connectivity index is 0.00000242. The Labute approximate surface area is 151 Å². The maximum atomic E-state index is 12.4. The fraction of sp³-hybridized carbons (Fsp3) is 0.667. The molecule has 0 aliphatic carbocycles. The second-order valence-electron chi connectivity index (χ2n) is 6.58. The summed E-state index contributed by atoms with van der Waals surface area (Å²) in [4.78, 5) is 17.6. The first-order chi connectivity index (χ1) is 9.78. The van der Waals surface area contributed by atoms with Gasteiger partial charge in [-0.1, -0.05) is 13.8 Å². The van der Waals surface area contributed by atoms with Crippen molar-refractivity contribution in [2.45, 2.75) is 32.9 Å². The van der Waals surface area contributed by atoms with Crippen LogP contribution in [0.1, 0.15) is 25.1 Å². The molecule has 1 atom stereocenters. The van der Waals surface area contributed by atoms with Crippen molar-refractivity contribution >= 4 is 45.6 Å². The smallest absolute Gasteiger partial charge is 0.236 e. The van der Waals surface area contributed by atoms with Gasteiger partial charge in [0.05, 0.1) is 13.1 Å². The van der Waals surface area contributed by atoms with Gasteiger partial charge in [-0.2, -0.15) is 0 Å². The normalized spacial score (nSPS) is 21.2. The fourth-order valence-electron chi connectivity index (χ4n) is 2.69. The lowest BCUT2D eigenvalue weighted by molar-refractivity contribution is -0.132. The molecular weight excluding hydrogens is 386 g/mol. The molecule has 1 amide bonds. The Kier molecular flexibility index (Phi) is 7.33. The van der Waals surface area contributed by atoms with Gasteiger partial charge in [-0.3, -0.25) is 9.69 Å². The molecule has 7 heteroatoms. The predicted octanol–water partition coefficient (Wildman–Crippen LogP) is 2.95. The lowest BCUT2D eigenvalue weighted by atomic mass is 9.80. The van der Waals surface area contributed by atoms with E-state index >= 15 is 0 Å². The third-order valence-electron chi connectivity index (χ3n) is 4.19. The topological polar surface area (TPSA) is 49.6 Å². The molecule has 0 saturated carbocycles. The lowest BCUT2D eigenvalue weighted by Crippen LogP contribution is -2.54. The van der Waals surface area contributed by atoms with E-state index in [4.69, 9.17) is 5.73 Å². The number of rotatable bonds is 4. The van der Waals surface area contributed by atoms with Crippen molar-refractivity contribution in [2.24, 2.45) is 11.1 Å². The number of halogens is 2. The SMILES string of the molecule is CN(Cc1cc(Br)cs1)C(=O)CN1CCC(N)C(C)(C)C1.Cl. The van der Waals surface area contributed by atoms with Crippen LogP contribution in [0.4, 0.5) is 0 Å². The second-order valence-corrected chi connectivity index (χ2v) is 8.49. The van der Waals surface area contributed by atoms with E-state index in [1.54, 1.807) is 16.2 Å². The molecular formula is C15H25BrClN3OS. The summed E-state index contributed by atoms with van der Waals surface area (Å²) in [5.41, 5.74) is 6.22. The minimum absolute atomic E-state index is 0. The number of piperidine rings is 1.